The summed E-state index contributed by atoms with van der Waals surface area (Å²) in [6, 6.07) is 0. The second-order valence-corrected chi connectivity index (χ2v) is 1.64. The van der Waals surface area contributed by atoms with Gasteiger partial charge in [-0.05, 0) is 0 Å². The van der Waals surface area contributed by atoms with Crippen LogP contribution in [-0.2, 0) is 4.79 Å². The van der Waals surface area contributed by atoms with Gasteiger partial charge in [-0.2, -0.15) is 0 Å². The molecule has 39 valence electrons. The van der Waals surface area contributed by atoms with E-state index < -0.39 is 5.97 Å². The number of halogens is 2. The molecule has 0 aromatic heterocycles. The molecule has 7 heavy (non-hydrogen) atoms. The highest BCUT2D eigenvalue weighted by atomic mass is 35.5. The number of rotatable bonds is 1. The van der Waals surface area contributed by atoms with Gasteiger partial charge in [0.1, 0.15) is 10.6 Å². The van der Waals surface area contributed by atoms with Gasteiger partial charge >= 0.3 is 5.97 Å². The van der Waals surface area contributed by atoms with E-state index in [1.165, 1.54) is 0 Å². The molecule has 0 aromatic carbocycles. The molecular weight excluding hydrogens is 139 g/mol. The van der Waals surface area contributed by atoms with Crippen LogP contribution in [0.4, 0.5) is 0 Å². The first-order valence-electron chi connectivity index (χ1n) is 1.31. The minimum absolute atomic E-state index is 0.368. The van der Waals surface area contributed by atoms with Crippen LogP contribution in [0.25, 0.3) is 0 Å². The van der Waals surface area contributed by atoms with Gasteiger partial charge < -0.3 is 5.11 Å². The zero-order valence-corrected chi connectivity index (χ0v) is 4.62. The maximum absolute atomic E-state index is 9.51. The van der Waals surface area contributed by atoms with Crippen molar-refractivity contribution in [3.05, 3.63) is 10.6 Å². The summed E-state index contributed by atoms with van der Waals surface area (Å²) < 4.78 is -0.368. The Hall–Kier alpha value is -0.210. The van der Waals surface area contributed by atoms with Gasteiger partial charge in [0.05, 0.1) is 0 Å². The molecule has 1 radical (unpaired) electrons. The lowest BCUT2D eigenvalue weighted by molar-refractivity contribution is -0.132. The molecule has 1 N–H and O–H groups in total. The molecule has 0 rings (SSSR count). The van der Waals surface area contributed by atoms with E-state index in [2.05, 4.69) is 0 Å². The second-order valence-electron chi connectivity index (χ2n) is 0.691. The van der Waals surface area contributed by atoms with Gasteiger partial charge in [-0.1, -0.05) is 23.2 Å². The van der Waals surface area contributed by atoms with Crippen molar-refractivity contribution in [3.63, 3.8) is 0 Å². The first-order chi connectivity index (χ1) is 3.13. The van der Waals surface area contributed by atoms with Crippen LogP contribution in [0.5, 0.6) is 0 Å². The average Bonchev–Trinajstić information content (AvgIpc) is 1.27. The number of carboxylic acid groups (broad SMARTS) is 1. The quantitative estimate of drug-likeness (QED) is 0.555. The molecule has 2 nitrogen and oxygen atoms in total. The van der Waals surface area contributed by atoms with Crippen LogP contribution < -0.4 is 0 Å². The Balaban J connectivity index is 3.68. The molecule has 0 saturated heterocycles. The Kier molecular flexibility index (Phi) is 2.79. The molecule has 4 heteroatoms. The van der Waals surface area contributed by atoms with Gasteiger partial charge in [0.25, 0.3) is 0 Å². The summed E-state index contributed by atoms with van der Waals surface area (Å²) in [7, 11) is 0. The van der Waals surface area contributed by atoms with Gasteiger partial charge in [0.15, 0.2) is 0 Å². The highest BCUT2D eigenvalue weighted by Crippen LogP contribution is 2.03. The number of carboxylic acids is 1. The predicted octanol–water partition coefficient (Wildman–Crippen LogP) is 1.19. The van der Waals surface area contributed by atoms with Crippen molar-refractivity contribution in [1.82, 2.24) is 0 Å². The highest BCUT2D eigenvalue weighted by molar-refractivity contribution is 6.56. The first-order valence-corrected chi connectivity index (χ1v) is 2.06. The largest absolute Gasteiger partial charge is 0.478 e. The van der Waals surface area contributed by atoms with Crippen LogP contribution in [0.2, 0.25) is 0 Å². The molecule has 0 heterocycles. The molecule has 0 aliphatic heterocycles. The molecule has 0 saturated carbocycles. The lowest BCUT2D eigenvalue weighted by Gasteiger charge is -1.73. The van der Waals surface area contributed by atoms with Gasteiger partial charge in [0, 0.05) is 0 Å². The molecule has 0 aromatic rings. The van der Waals surface area contributed by atoms with E-state index in [-0.39, 0.29) is 4.49 Å². The minimum Gasteiger partial charge on any atom is -0.478 e. The van der Waals surface area contributed by atoms with Crippen LogP contribution in [0, 0.1) is 6.08 Å². The molecule has 0 spiro atoms. The third-order valence-electron chi connectivity index (χ3n) is 0.201. The Bertz CT molecular complexity index is 104. The van der Waals surface area contributed by atoms with E-state index in [0.29, 0.717) is 0 Å². The van der Waals surface area contributed by atoms with Crippen LogP contribution in [0.3, 0.4) is 0 Å². The molecule has 0 aliphatic carbocycles. The SMILES string of the molecule is O=C(O)[C]=C(Cl)Cl. The summed E-state index contributed by atoms with van der Waals surface area (Å²) in [5, 5.41) is 7.78. The van der Waals surface area contributed by atoms with Crippen molar-refractivity contribution in [2.45, 2.75) is 0 Å². The summed E-state index contributed by atoms with van der Waals surface area (Å²) in [6.07, 6.45) is 1.67. The Morgan fingerprint density at radius 3 is 2.00 bits per heavy atom. The smallest absolute Gasteiger partial charge is 0.339 e. The van der Waals surface area contributed by atoms with Crippen LogP contribution in [-0.4, -0.2) is 11.1 Å². The molecule has 0 bridgehead atoms. The zero-order chi connectivity index (χ0) is 5.86. The number of hydrogen-bond donors (Lipinski definition) is 1. The van der Waals surface area contributed by atoms with Crippen LogP contribution in [0.1, 0.15) is 0 Å². The molecule has 0 atom stereocenters. The Morgan fingerprint density at radius 1 is 1.57 bits per heavy atom. The maximum atomic E-state index is 9.51. The Morgan fingerprint density at radius 2 is 2.00 bits per heavy atom. The fraction of sp³-hybridized carbons (Fsp3) is 0. The molecule has 0 aliphatic rings. The topological polar surface area (TPSA) is 37.3 Å². The molecular formula is C3HCl2O2. The Labute approximate surface area is 50.3 Å². The van der Waals surface area contributed by atoms with Crippen molar-refractivity contribution < 1.29 is 9.90 Å². The lowest BCUT2D eigenvalue weighted by atomic mass is 10.7. The van der Waals surface area contributed by atoms with Gasteiger partial charge in [-0.25, -0.2) is 4.79 Å². The normalized spacial score (nSPS) is 7.71. The zero-order valence-electron chi connectivity index (χ0n) is 3.11. The first kappa shape index (κ1) is 6.79. The van der Waals surface area contributed by atoms with Crippen molar-refractivity contribution in [3.8, 4) is 0 Å². The van der Waals surface area contributed by atoms with Crippen LogP contribution >= 0.6 is 23.2 Å². The van der Waals surface area contributed by atoms with E-state index in [1.807, 2.05) is 0 Å². The van der Waals surface area contributed by atoms with Gasteiger partial charge in [-0.3, -0.25) is 0 Å². The van der Waals surface area contributed by atoms with Crippen molar-refractivity contribution in [1.29, 1.82) is 0 Å². The fourth-order valence-corrected chi connectivity index (χ4v) is 0.243. The summed E-state index contributed by atoms with van der Waals surface area (Å²) in [6.45, 7) is 0. The van der Waals surface area contributed by atoms with Crippen molar-refractivity contribution >= 4 is 29.2 Å². The summed E-state index contributed by atoms with van der Waals surface area (Å²) in [5.74, 6) is -1.26. The van der Waals surface area contributed by atoms with Crippen LogP contribution in [0.15, 0.2) is 4.49 Å². The summed E-state index contributed by atoms with van der Waals surface area (Å²) in [5.41, 5.74) is 0. The maximum Gasteiger partial charge on any atom is 0.339 e. The van der Waals surface area contributed by atoms with E-state index in [0.717, 1.165) is 0 Å². The molecule has 0 amide bonds. The van der Waals surface area contributed by atoms with E-state index in [1.54, 1.807) is 6.08 Å². The summed E-state index contributed by atoms with van der Waals surface area (Å²) >= 11 is 9.73. The van der Waals surface area contributed by atoms with Crippen molar-refractivity contribution in [2.75, 3.05) is 0 Å². The lowest BCUT2D eigenvalue weighted by Crippen LogP contribution is -1.86. The number of hydrogen-bond acceptors (Lipinski definition) is 1. The summed E-state index contributed by atoms with van der Waals surface area (Å²) in [4.78, 5) is 9.51. The standard InChI is InChI=1S/C3HCl2O2/c4-2(5)1-3(6)7/h(H,6,7). The highest BCUT2D eigenvalue weighted by Gasteiger charge is 1.89. The third-order valence-corrected chi connectivity index (χ3v) is 0.390. The van der Waals surface area contributed by atoms with E-state index >= 15 is 0 Å². The average molecular weight is 140 g/mol. The van der Waals surface area contributed by atoms with E-state index in [9.17, 15) is 4.79 Å². The second kappa shape index (κ2) is 2.88. The number of carbonyl (C=O) groups is 1. The third kappa shape index (κ3) is 5.79. The van der Waals surface area contributed by atoms with E-state index in [4.69, 9.17) is 28.3 Å². The monoisotopic (exact) mass is 139 g/mol. The van der Waals surface area contributed by atoms with Crippen molar-refractivity contribution in [2.24, 2.45) is 0 Å². The minimum atomic E-state index is -1.26. The molecule has 0 fully saturated rings. The predicted molar refractivity (Wildman–Crippen MR) is 26.1 cm³/mol. The van der Waals surface area contributed by atoms with Gasteiger partial charge in [-0.15, -0.1) is 0 Å². The number of aliphatic carboxylic acids is 1. The fourth-order valence-electron chi connectivity index (χ4n) is 0.0808. The molecule has 0 unspecified atom stereocenters. The van der Waals surface area contributed by atoms with Gasteiger partial charge in [0.2, 0.25) is 0 Å².